The summed E-state index contributed by atoms with van der Waals surface area (Å²) in [6.45, 7) is 19.5. The zero-order chi connectivity index (χ0) is 25.1. The first-order chi connectivity index (χ1) is 15.7. The summed E-state index contributed by atoms with van der Waals surface area (Å²) in [5, 5.41) is 11.7. The van der Waals surface area contributed by atoms with Crippen molar-refractivity contribution in [3.63, 3.8) is 0 Å². The van der Waals surface area contributed by atoms with Crippen LogP contribution in [0.25, 0.3) is 0 Å². The normalized spacial score (nSPS) is 48.4. The molecule has 0 aromatic rings. The van der Waals surface area contributed by atoms with Gasteiger partial charge in [-0.2, -0.15) is 0 Å². The smallest absolute Gasteiger partial charge is 0.110 e. The quantitative estimate of drug-likeness (QED) is 0.379. The van der Waals surface area contributed by atoms with Crippen LogP contribution in [0.15, 0.2) is 12.2 Å². The molecule has 1 N–H and O–H groups in total. The van der Waals surface area contributed by atoms with Gasteiger partial charge in [0.25, 0.3) is 0 Å². The minimum atomic E-state index is -0.148. The molecule has 5 aliphatic carbocycles. The van der Waals surface area contributed by atoms with E-state index in [9.17, 15) is 5.11 Å². The van der Waals surface area contributed by atoms with E-state index >= 15 is 0 Å². The maximum atomic E-state index is 11.7. The predicted molar refractivity (Wildman–Crippen MR) is 142 cm³/mol. The Morgan fingerprint density at radius 1 is 0.917 bits per heavy atom. The van der Waals surface area contributed by atoms with Crippen molar-refractivity contribution >= 4 is 0 Å². The third-order valence-electron chi connectivity index (χ3n) is 14.4. The molecule has 0 aromatic carbocycles. The summed E-state index contributed by atoms with van der Waals surface area (Å²) in [7, 11) is 9.60. The Labute approximate surface area is 235 Å². The second kappa shape index (κ2) is 9.12. The molecular formula is C31H56Cl2N2O. The zero-order valence-corrected chi connectivity index (χ0v) is 26.4. The van der Waals surface area contributed by atoms with Gasteiger partial charge in [-0.15, -0.1) is 0 Å². The molecule has 210 valence electrons. The Morgan fingerprint density at radius 2 is 1.56 bits per heavy atom. The van der Waals surface area contributed by atoms with E-state index in [1.54, 1.807) is 5.57 Å². The van der Waals surface area contributed by atoms with Gasteiger partial charge in [0, 0.05) is 12.3 Å². The molecule has 36 heavy (non-hydrogen) atoms. The van der Waals surface area contributed by atoms with Gasteiger partial charge in [0.05, 0.1) is 53.4 Å². The maximum Gasteiger partial charge on any atom is 0.110 e. The number of nitrogens with zero attached hydrogens (tertiary/aromatic N) is 2. The van der Waals surface area contributed by atoms with Crippen LogP contribution in [-0.2, 0) is 0 Å². The third kappa shape index (κ3) is 3.54. The van der Waals surface area contributed by atoms with Gasteiger partial charge < -0.3 is 38.9 Å². The van der Waals surface area contributed by atoms with Crippen LogP contribution in [0.4, 0.5) is 0 Å². The van der Waals surface area contributed by atoms with Crippen molar-refractivity contribution in [2.45, 2.75) is 104 Å². The van der Waals surface area contributed by atoms with Crippen LogP contribution in [0.2, 0.25) is 0 Å². The third-order valence-corrected chi connectivity index (χ3v) is 14.4. The average Bonchev–Trinajstić information content (AvgIpc) is 3.38. The number of rotatable bonds is 5. The van der Waals surface area contributed by atoms with Crippen LogP contribution in [0.1, 0.15) is 86.0 Å². The topological polar surface area (TPSA) is 20.2 Å². The van der Waals surface area contributed by atoms with Crippen LogP contribution in [0.3, 0.4) is 0 Å². The number of quaternary nitrogens is 2. The molecule has 10 atom stereocenters. The highest BCUT2D eigenvalue weighted by Gasteiger charge is 2.82. The fourth-order valence-corrected chi connectivity index (χ4v) is 11.3. The molecule has 0 radical (unpaired) electrons. The van der Waals surface area contributed by atoms with Crippen molar-refractivity contribution in [3.05, 3.63) is 12.2 Å². The van der Waals surface area contributed by atoms with Gasteiger partial charge in [0.15, 0.2) is 0 Å². The average molecular weight is 544 g/mol. The summed E-state index contributed by atoms with van der Waals surface area (Å²) < 4.78 is 2.12. The molecule has 5 saturated carbocycles. The van der Waals surface area contributed by atoms with Gasteiger partial charge in [-0.3, -0.25) is 0 Å². The van der Waals surface area contributed by atoms with E-state index in [4.69, 9.17) is 6.58 Å². The first-order valence-corrected chi connectivity index (χ1v) is 14.7. The molecule has 5 heteroatoms. The molecule has 5 fully saturated rings. The first kappa shape index (κ1) is 30.7. The van der Waals surface area contributed by atoms with Gasteiger partial charge in [-0.05, 0) is 105 Å². The molecule has 5 rings (SSSR count). The number of aliphatic hydroxyl groups excluding tert-OH is 1. The van der Waals surface area contributed by atoms with E-state index in [2.05, 4.69) is 62.8 Å². The lowest BCUT2D eigenvalue weighted by Gasteiger charge is -2.62. The van der Waals surface area contributed by atoms with E-state index in [1.165, 1.54) is 51.5 Å². The van der Waals surface area contributed by atoms with Crippen LogP contribution >= 0.6 is 0 Å². The van der Waals surface area contributed by atoms with Crippen LogP contribution in [0.5, 0.6) is 0 Å². The molecule has 3 nitrogen and oxygen atoms in total. The lowest BCUT2D eigenvalue weighted by molar-refractivity contribution is -0.916. The van der Waals surface area contributed by atoms with Crippen molar-refractivity contribution in [1.82, 2.24) is 0 Å². The Balaban J connectivity index is 0.00000180. The summed E-state index contributed by atoms with van der Waals surface area (Å²) in [4.78, 5) is 0. The highest BCUT2D eigenvalue weighted by molar-refractivity contribution is 5.35. The predicted octanol–water partition coefficient (Wildman–Crippen LogP) is -0.116. The highest BCUT2D eigenvalue weighted by Crippen LogP contribution is 2.88. The van der Waals surface area contributed by atoms with Crippen molar-refractivity contribution in [2.75, 3.05) is 41.3 Å². The molecule has 0 aromatic heterocycles. The number of aliphatic hydroxyl groups is 1. The molecule has 0 bridgehead atoms. The molecular weight excluding hydrogens is 487 g/mol. The number of hydrogen-bond donors (Lipinski definition) is 1. The Morgan fingerprint density at radius 3 is 2.14 bits per heavy atom. The van der Waals surface area contributed by atoms with E-state index in [0.29, 0.717) is 28.8 Å². The minimum absolute atomic E-state index is 0. The van der Waals surface area contributed by atoms with Crippen LogP contribution in [0, 0.1) is 39.4 Å². The number of likely N-dealkylation sites (N-methyl/N-ethyl adjacent to an activating group) is 1. The molecule has 5 aliphatic rings. The van der Waals surface area contributed by atoms with E-state index in [0.717, 1.165) is 33.8 Å². The van der Waals surface area contributed by atoms with Crippen LogP contribution < -0.4 is 24.8 Å². The van der Waals surface area contributed by atoms with E-state index in [1.807, 2.05) is 0 Å². The van der Waals surface area contributed by atoms with Gasteiger partial charge in [-0.25, -0.2) is 0 Å². The molecule has 0 unspecified atom stereocenters. The first-order valence-electron chi connectivity index (χ1n) is 14.7. The van der Waals surface area contributed by atoms with Crippen LogP contribution in [-0.4, -0.2) is 73.5 Å². The lowest BCUT2D eigenvalue weighted by Crippen LogP contribution is -3.00. The minimum Gasteiger partial charge on any atom is -1.00 e. The van der Waals surface area contributed by atoms with Gasteiger partial charge in [-0.1, -0.05) is 20.4 Å². The zero-order valence-electron chi connectivity index (χ0n) is 24.8. The second-order valence-corrected chi connectivity index (χ2v) is 15.4. The van der Waals surface area contributed by atoms with Gasteiger partial charge >= 0.3 is 0 Å². The summed E-state index contributed by atoms with van der Waals surface area (Å²) in [6, 6.07) is 1.14. The fraction of sp³-hybridized carbons (Fsp3) is 0.935. The molecule has 0 heterocycles. The van der Waals surface area contributed by atoms with Gasteiger partial charge in [0.2, 0.25) is 0 Å². The van der Waals surface area contributed by atoms with Crippen molar-refractivity contribution in [1.29, 1.82) is 0 Å². The highest BCUT2D eigenvalue weighted by atomic mass is 35.5. The fourth-order valence-electron chi connectivity index (χ4n) is 11.3. The summed E-state index contributed by atoms with van der Waals surface area (Å²) in [5.41, 5.74) is 3.19. The maximum absolute atomic E-state index is 11.7. The largest absolute Gasteiger partial charge is 1.00 e. The van der Waals surface area contributed by atoms with Gasteiger partial charge in [0.1, 0.15) is 6.04 Å². The van der Waals surface area contributed by atoms with E-state index < -0.39 is 0 Å². The molecule has 0 aliphatic heterocycles. The number of hydrogen-bond acceptors (Lipinski definition) is 1. The van der Waals surface area contributed by atoms with E-state index in [-0.39, 0.29) is 41.7 Å². The molecule has 0 amide bonds. The molecule has 2 spiro atoms. The van der Waals surface area contributed by atoms with Crippen molar-refractivity contribution < 1.29 is 38.9 Å². The standard InChI is InChI=1S/C31H56N2O.2ClH/c1-11-32(7,8)22(4)27-25(34)19-29(6)26-14-13-23-21(3)24(33(9,10)12-2)15-16-30(23)20-31(26,30)18-17-28(27,29)5;;/h22-27,34H,3,11-20H2,1-2,4-10H3;2*1H/q+2;;/p-2/t22-,23-,24-,25+,26-,27-,28+,29-,30+,31-;;/m0../s1. The van der Waals surface area contributed by atoms with Crippen molar-refractivity contribution in [3.8, 4) is 0 Å². The Hall–Kier alpha value is 0.200. The molecule has 0 saturated heterocycles. The monoisotopic (exact) mass is 542 g/mol. The Kier molecular flexibility index (Phi) is 7.78. The Bertz CT molecular complexity index is 875. The second-order valence-electron chi connectivity index (χ2n) is 15.4. The summed E-state index contributed by atoms with van der Waals surface area (Å²) >= 11 is 0. The lowest BCUT2D eigenvalue weighted by atomic mass is 9.43. The SMILES string of the molecule is C=C1[C@@H]2CC[C@@H]3[C@]4(CC[C@]5(C)[C@@H]([C@H](C)[N+](C)(C)CC)[C@H](O)C[C@@]35C)C[C@]24CC[C@@H]1[N+](C)(C)CC.[Cl-].[Cl-]. The van der Waals surface area contributed by atoms with Crippen molar-refractivity contribution in [2.24, 2.45) is 39.4 Å². The number of fused-ring (bicyclic) bond motifs is 2. The number of halogens is 2. The summed E-state index contributed by atoms with van der Waals surface area (Å²) in [6.07, 6.45) is 10.5. The summed E-state index contributed by atoms with van der Waals surface area (Å²) in [5.74, 6) is 1.94.